The molecule has 0 amide bonds. The van der Waals surface area contributed by atoms with Crippen molar-refractivity contribution in [3.8, 4) is 12.3 Å². The first-order valence-corrected chi connectivity index (χ1v) is 3.93. The average Bonchev–Trinajstić information content (AvgIpc) is 2.04. The van der Waals surface area contributed by atoms with E-state index in [0.29, 0.717) is 6.54 Å². The van der Waals surface area contributed by atoms with Gasteiger partial charge in [-0.1, -0.05) is 5.92 Å². The summed E-state index contributed by atoms with van der Waals surface area (Å²) < 4.78 is 0. The van der Waals surface area contributed by atoms with Crippen molar-refractivity contribution in [3.63, 3.8) is 0 Å². The number of nitrogens with one attached hydrogen (secondary N) is 1. The van der Waals surface area contributed by atoms with Crippen LogP contribution in [0.4, 0.5) is 0 Å². The molecule has 0 spiro atoms. The summed E-state index contributed by atoms with van der Waals surface area (Å²) in [6.07, 6.45) is 5.12. The molecular formula is C8H15N3. The molecule has 0 radical (unpaired) electrons. The Hall–Kier alpha value is -0.560. The quantitative estimate of drug-likeness (QED) is 0.533. The van der Waals surface area contributed by atoms with E-state index < -0.39 is 0 Å². The summed E-state index contributed by atoms with van der Waals surface area (Å²) in [5.74, 6) is 2.56. The molecule has 0 atom stereocenters. The van der Waals surface area contributed by atoms with Crippen LogP contribution in [0.2, 0.25) is 0 Å². The number of piperazine rings is 1. The van der Waals surface area contributed by atoms with Gasteiger partial charge in [-0.3, -0.25) is 0 Å². The molecule has 1 aliphatic heterocycles. The third kappa shape index (κ3) is 2.89. The van der Waals surface area contributed by atoms with Gasteiger partial charge in [0.05, 0.1) is 6.54 Å². The van der Waals surface area contributed by atoms with Crippen molar-refractivity contribution in [3.05, 3.63) is 0 Å². The van der Waals surface area contributed by atoms with Crippen LogP contribution in [-0.4, -0.2) is 49.7 Å². The maximum Gasteiger partial charge on any atom is 0.0711 e. The third-order valence-electron chi connectivity index (χ3n) is 1.91. The lowest BCUT2D eigenvalue weighted by molar-refractivity contribution is 0.110. The van der Waals surface area contributed by atoms with Crippen molar-refractivity contribution in [1.29, 1.82) is 0 Å². The van der Waals surface area contributed by atoms with Crippen LogP contribution in [0, 0.1) is 12.3 Å². The highest BCUT2D eigenvalue weighted by atomic mass is 15.5. The number of rotatable bonds is 2. The second kappa shape index (κ2) is 4.35. The van der Waals surface area contributed by atoms with E-state index in [2.05, 4.69) is 28.3 Å². The van der Waals surface area contributed by atoms with Crippen LogP contribution < -0.4 is 5.43 Å². The van der Waals surface area contributed by atoms with Gasteiger partial charge in [-0.25, -0.2) is 10.4 Å². The van der Waals surface area contributed by atoms with Crippen LogP contribution in [0.15, 0.2) is 0 Å². The van der Waals surface area contributed by atoms with Gasteiger partial charge in [0.1, 0.15) is 0 Å². The molecule has 1 heterocycles. The first-order chi connectivity index (χ1) is 5.33. The van der Waals surface area contributed by atoms with E-state index in [1.807, 2.05) is 0 Å². The molecule has 3 heteroatoms. The van der Waals surface area contributed by atoms with Gasteiger partial charge >= 0.3 is 0 Å². The zero-order valence-electron chi connectivity index (χ0n) is 7.01. The highest BCUT2D eigenvalue weighted by Crippen LogP contribution is 1.94. The molecule has 1 rings (SSSR count). The summed E-state index contributed by atoms with van der Waals surface area (Å²) in [7, 11) is 2.14. The molecule has 3 nitrogen and oxygen atoms in total. The Morgan fingerprint density at radius 3 is 2.55 bits per heavy atom. The second-order valence-corrected chi connectivity index (χ2v) is 2.83. The van der Waals surface area contributed by atoms with E-state index in [0.717, 1.165) is 26.2 Å². The maximum absolute atomic E-state index is 5.12. The molecule has 0 aromatic carbocycles. The summed E-state index contributed by atoms with van der Waals surface area (Å²) in [5.41, 5.74) is 3.16. The van der Waals surface area contributed by atoms with E-state index in [1.165, 1.54) is 0 Å². The van der Waals surface area contributed by atoms with Gasteiger partial charge in [-0.15, -0.1) is 6.42 Å². The lowest BCUT2D eigenvalue weighted by Crippen LogP contribution is -2.50. The van der Waals surface area contributed by atoms with Crippen molar-refractivity contribution < 1.29 is 0 Å². The molecule has 0 saturated carbocycles. The Morgan fingerprint density at radius 1 is 1.36 bits per heavy atom. The normalized spacial score (nSPS) is 21.5. The molecule has 1 aliphatic rings. The maximum atomic E-state index is 5.12. The number of hydrogen-bond donors (Lipinski definition) is 1. The fourth-order valence-corrected chi connectivity index (χ4v) is 1.12. The topological polar surface area (TPSA) is 18.5 Å². The minimum atomic E-state index is 0.643. The molecule has 62 valence electrons. The van der Waals surface area contributed by atoms with Crippen molar-refractivity contribution in [2.45, 2.75) is 0 Å². The number of terminal acetylenes is 1. The Balaban J connectivity index is 2.13. The van der Waals surface area contributed by atoms with Gasteiger partial charge in [-0.05, 0) is 7.05 Å². The molecule has 0 bridgehead atoms. The summed E-state index contributed by atoms with van der Waals surface area (Å²) in [5, 5.41) is 2.18. The SMILES string of the molecule is C#CCNN1CCN(C)CC1. The highest BCUT2D eigenvalue weighted by molar-refractivity contribution is 4.86. The van der Waals surface area contributed by atoms with E-state index in [-0.39, 0.29) is 0 Å². The zero-order chi connectivity index (χ0) is 8.10. The van der Waals surface area contributed by atoms with Crippen LogP contribution in [-0.2, 0) is 0 Å². The second-order valence-electron chi connectivity index (χ2n) is 2.83. The zero-order valence-corrected chi connectivity index (χ0v) is 7.01. The molecular weight excluding hydrogens is 138 g/mol. The lowest BCUT2D eigenvalue weighted by Gasteiger charge is -2.31. The highest BCUT2D eigenvalue weighted by Gasteiger charge is 2.11. The average molecular weight is 153 g/mol. The van der Waals surface area contributed by atoms with E-state index >= 15 is 0 Å². The Bertz CT molecular complexity index is 142. The molecule has 0 unspecified atom stereocenters. The van der Waals surface area contributed by atoms with Gasteiger partial charge in [0.15, 0.2) is 0 Å². The smallest absolute Gasteiger partial charge is 0.0711 e. The molecule has 0 aromatic heterocycles. The van der Waals surface area contributed by atoms with E-state index in [9.17, 15) is 0 Å². The molecule has 1 saturated heterocycles. The number of hydrogen-bond acceptors (Lipinski definition) is 3. The fourth-order valence-electron chi connectivity index (χ4n) is 1.12. The standard InChI is InChI=1S/C8H15N3/c1-3-4-9-11-7-5-10(2)6-8-11/h1,9H,4-8H2,2H3. The molecule has 1 fully saturated rings. The Morgan fingerprint density at radius 2 is 2.00 bits per heavy atom. The first-order valence-electron chi connectivity index (χ1n) is 3.93. The predicted octanol–water partition coefficient (Wildman–Crippen LogP) is -0.628. The largest absolute Gasteiger partial charge is 0.304 e. The summed E-state index contributed by atoms with van der Waals surface area (Å²) in [6, 6.07) is 0. The van der Waals surface area contributed by atoms with Crippen LogP contribution in [0.3, 0.4) is 0 Å². The van der Waals surface area contributed by atoms with E-state index in [1.54, 1.807) is 0 Å². The van der Waals surface area contributed by atoms with Gasteiger partial charge in [0.2, 0.25) is 0 Å². The minimum Gasteiger partial charge on any atom is -0.304 e. The third-order valence-corrected chi connectivity index (χ3v) is 1.91. The van der Waals surface area contributed by atoms with Crippen molar-refractivity contribution >= 4 is 0 Å². The first kappa shape index (κ1) is 8.54. The predicted molar refractivity (Wildman–Crippen MR) is 45.9 cm³/mol. The van der Waals surface area contributed by atoms with Crippen LogP contribution in [0.25, 0.3) is 0 Å². The van der Waals surface area contributed by atoms with Crippen molar-refractivity contribution in [1.82, 2.24) is 15.3 Å². The Kier molecular flexibility index (Phi) is 3.37. The molecule has 0 aromatic rings. The summed E-state index contributed by atoms with van der Waals surface area (Å²) in [4.78, 5) is 2.31. The molecule has 0 aliphatic carbocycles. The van der Waals surface area contributed by atoms with Crippen molar-refractivity contribution in [2.24, 2.45) is 0 Å². The monoisotopic (exact) mass is 153 g/mol. The van der Waals surface area contributed by atoms with Crippen LogP contribution in [0.5, 0.6) is 0 Å². The summed E-state index contributed by atoms with van der Waals surface area (Å²) >= 11 is 0. The number of likely N-dealkylation sites (N-methyl/N-ethyl adjacent to an activating group) is 1. The number of hydrazine groups is 1. The van der Waals surface area contributed by atoms with E-state index in [4.69, 9.17) is 6.42 Å². The van der Waals surface area contributed by atoms with Gasteiger partial charge in [-0.2, -0.15) is 0 Å². The number of nitrogens with zero attached hydrogens (tertiary/aromatic N) is 2. The molecule has 1 N–H and O–H groups in total. The minimum absolute atomic E-state index is 0.643. The van der Waals surface area contributed by atoms with Gasteiger partial charge in [0.25, 0.3) is 0 Å². The Labute approximate surface area is 68.3 Å². The molecule has 11 heavy (non-hydrogen) atoms. The van der Waals surface area contributed by atoms with Gasteiger partial charge in [0, 0.05) is 26.2 Å². The van der Waals surface area contributed by atoms with Crippen molar-refractivity contribution in [2.75, 3.05) is 39.8 Å². The summed E-state index contributed by atoms with van der Waals surface area (Å²) in [6.45, 7) is 5.02. The fraction of sp³-hybridized carbons (Fsp3) is 0.750. The van der Waals surface area contributed by atoms with Crippen LogP contribution >= 0.6 is 0 Å². The lowest BCUT2D eigenvalue weighted by atomic mass is 10.4. The van der Waals surface area contributed by atoms with Crippen LogP contribution in [0.1, 0.15) is 0 Å². The van der Waals surface area contributed by atoms with Gasteiger partial charge < -0.3 is 4.90 Å².